The third kappa shape index (κ3) is 5.35. The zero-order valence-corrected chi connectivity index (χ0v) is 21.1. The van der Waals surface area contributed by atoms with E-state index < -0.39 is 11.9 Å². The van der Waals surface area contributed by atoms with Gasteiger partial charge in [0.2, 0.25) is 0 Å². The number of amides is 1. The lowest BCUT2D eigenvalue weighted by Gasteiger charge is -2.19. The number of nitrogens with one attached hydrogen (secondary N) is 3. The van der Waals surface area contributed by atoms with Crippen molar-refractivity contribution in [2.75, 3.05) is 11.1 Å². The van der Waals surface area contributed by atoms with E-state index in [1.165, 1.54) is 24.4 Å². The minimum Gasteiger partial charge on any atom is -0.384 e. The highest BCUT2D eigenvalue weighted by atomic mass is 19.1. The minimum atomic E-state index is -0.416. The second-order valence-corrected chi connectivity index (χ2v) is 9.05. The molecule has 0 aliphatic heterocycles. The Morgan fingerprint density at radius 2 is 1.77 bits per heavy atom. The molecule has 5 rings (SSSR count). The molecule has 11 heteroatoms. The first-order chi connectivity index (χ1) is 18.8. The first-order valence-electron chi connectivity index (χ1n) is 12.1. The number of hydrogen-bond donors (Lipinski definition) is 4. The van der Waals surface area contributed by atoms with Crippen molar-refractivity contribution in [3.8, 4) is 17.3 Å². The number of carbonyl (C=O) groups is 1. The summed E-state index contributed by atoms with van der Waals surface area (Å²) in [7, 11) is 0. The van der Waals surface area contributed by atoms with Crippen LogP contribution in [0.15, 0.2) is 67.1 Å². The highest BCUT2D eigenvalue weighted by molar-refractivity contribution is 5.99. The number of H-pyrrole nitrogens is 1. The molecule has 0 bridgehead atoms. The van der Waals surface area contributed by atoms with E-state index in [0.717, 1.165) is 22.1 Å². The van der Waals surface area contributed by atoms with E-state index in [-0.39, 0.29) is 23.0 Å². The molecule has 1 amide bonds. The van der Waals surface area contributed by atoms with Gasteiger partial charge in [0, 0.05) is 24.2 Å². The largest absolute Gasteiger partial charge is 0.384 e. The Kier molecular flexibility index (Phi) is 6.84. The second kappa shape index (κ2) is 10.5. The van der Waals surface area contributed by atoms with Gasteiger partial charge in [-0.15, -0.1) is 0 Å². The molecule has 0 spiro atoms. The normalized spacial score (nSPS) is 12.5. The summed E-state index contributed by atoms with van der Waals surface area (Å²) in [5.74, 6) is -0.0114. The van der Waals surface area contributed by atoms with Gasteiger partial charge in [0.1, 0.15) is 23.5 Å². The molecule has 194 valence electrons. The summed E-state index contributed by atoms with van der Waals surface area (Å²) in [5.41, 5.74) is 10.0. The van der Waals surface area contributed by atoms with E-state index in [2.05, 4.69) is 35.8 Å². The van der Waals surface area contributed by atoms with Gasteiger partial charge in [0.05, 0.1) is 34.3 Å². The Hall–Kier alpha value is -5.37. The summed E-state index contributed by atoms with van der Waals surface area (Å²) in [6, 6.07) is 14.4. The molecule has 2 unspecified atom stereocenters. The molecule has 4 aromatic heterocycles. The maximum Gasteiger partial charge on any atom is 0.255 e. The van der Waals surface area contributed by atoms with Crippen LogP contribution >= 0.6 is 0 Å². The molecule has 0 aliphatic rings. The average molecular weight is 522 g/mol. The van der Waals surface area contributed by atoms with Gasteiger partial charge in [-0.2, -0.15) is 10.4 Å². The Morgan fingerprint density at radius 1 is 1.00 bits per heavy atom. The molecule has 0 saturated carbocycles. The molecular weight excluding hydrogens is 497 g/mol. The lowest BCUT2D eigenvalue weighted by atomic mass is 10.1. The van der Waals surface area contributed by atoms with Crippen LogP contribution in [0, 0.1) is 17.1 Å². The van der Waals surface area contributed by atoms with E-state index in [1.54, 1.807) is 31.5 Å². The van der Waals surface area contributed by atoms with Gasteiger partial charge in [0.15, 0.2) is 5.65 Å². The number of nitrogen functional groups attached to an aromatic ring is 1. The number of nitrogens with zero attached hydrogens (tertiary/aromatic N) is 5. The molecule has 4 heterocycles. The molecule has 0 fully saturated rings. The molecule has 1 aromatic carbocycles. The van der Waals surface area contributed by atoms with Crippen molar-refractivity contribution in [1.29, 1.82) is 5.26 Å². The SMILES string of the molecule is CC(NC(=O)c1cc(C#N)cnc1NC(C)c1ccc(-c2cnc3n[nH]c(N)c3c2)nc1)c1ccc(F)cc1. The van der Waals surface area contributed by atoms with Crippen LogP contribution in [0.4, 0.5) is 16.0 Å². The van der Waals surface area contributed by atoms with Gasteiger partial charge in [0.25, 0.3) is 5.91 Å². The van der Waals surface area contributed by atoms with E-state index in [9.17, 15) is 14.4 Å². The van der Waals surface area contributed by atoms with Crippen molar-refractivity contribution in [3.63, 3.8) is 0 Å². The number of pyridine rings is 3. The lowest BCUT2D eigenvalue weighted by Crippen LogP contribution is -2.28. The first kappa shape index (κ1) is 25.3. The van der Waals surface area contributed by atoms with Crippen molar-refractivity contribution < 1.29 is 9.18 Å². The van der Waals surface area contributed by atoms with Crippen LogP contribution in [0.3, 0.4) is 0 Å². The summed E-state index contributed by atoms with van der Waals surface area (Å²) in [6.07, 6.45) is 4.82. The molecule has 5 N–H and O–H groups in total. The standard InChI is InChI=1S/C28H24FN9O/c1-15(18-3-6-21(29)7-4-18)36-28(39)23-9-17(11-30)12-33-26(23)35-16(2)19-5-8-24(32-13-19)20-10-22-25(31)37-38-27(22)34-14-20/h3-10,12-16H,1-2H3,(H,33,35)(H,36,39)(H3,31,34,37,38). The summed E-state index contributed by atoms with van der Waals surface area (Å²) in [6.45, 7) is 3.71. The van der Waals surface area contributed by atoms with E-state index in [1.807, 2.05) is 31.2 Å². The van der Waals surface area contributed by atoms with E-state index >= 15 is 0 Å². The number of hydrogen-bond acceptors (Lipinski definition) is 8. The Bertz CT molecular complexity index is 1690. The van der Waals surface area contributed by atoms with Crippen LogP contribution in [0.1, 0.15) is 53.0 Å². The number of aromatic nitrogens is 5. The number of aromatic amines is 1. The molecule has 10 nitrogen and oxygen atoms in total. The molecule has 39 heavy (non-hydrogen) atoms. The summed E-state index contributed by atoms with van der Waals surface area (Å²) < 4.78 is 13.3. The van der Waals surface area contributed by atoms with Gasteiger partial charge in [-0.25, -0.2) is 14.4 Å². The van der Waals surface area contributed by atoms with Crippen molar-refractivity contribution >= 4 is 28.6 Å². The predicted octanol–water partition coefficient (Wildman–Crippen LogP) is 4.67. The number of benzene rings is 1. The maximum atomic E-state index is 13.3. The zero-order valence-electron chi connectivity index (χ0n) is 21.1. The molecular formula is C28H24FN9O. The van der Waals surface area contributed by atoms with Crippen molar-refractivity contribution in [1.82, 2.24) is 30.5 Å². The minimum absolute atomic E-state index is 0.219. The quantitative estimate of drug-likeness (QED) is 0.240. The fraction of sp³-hybridized carbons (Fsp3) is 0.143. The number of nitriles is 1. The maximum absolute atomic E-state index is 13.3. The van der Waals surface area contributed by atoms with Crippen molar-refractivity contribution in [3.05, 3.63) is 95.2 Å². The predicted molar refractivity (Wildman–Crippen MR) is 145 cm³/mol. The molecule has 0 aliphatic carbocycles. The van der Waals surface area contributed by atoms with Crippen LogP contribution in [0.25, 0.3) is 22.3 Å². The lowest BCUT2D eigenvalue weighted by molar-refractivity contribution is 0.0940. The number of halogens is 1. The third-order valence-electron chi connectivity index (χ3n) is 6.35. The van der Waals surface area contributed by atoms with Crippen LogP contribution in [-0.2, 0) is 0 Å². The van der Waals surface area contributed by atoms with Crippen LogP contribution in [0.5, 0.6) is 0 Å². The van der Waals surface area contributed by atoms with Crippen molar-refractivity contribution in [2.24, 2.45) is 0 Å². The van der Waals surface area contributed by atoms with E-state index in [4.69, 9.17) is 5.73 Å². The monoisotopic (exact) mass is 521 g/mol. The van der Waals surface area contributed by atoms with Crippen LogP contribution in [-0.4, -0.2) is 31.1 Å². The highest BCUT2D eigenvalue weighted by Crippen LogP contribution is 2.26. The molecule has 0 radical (unpaired) electrons. The summed E-state index contributed by atoms with van der Waals surface area (Å²) in [5, 5.41) is 23.0. The van der Waals surface area contributed by atoms with Gasteiger partial charge in [-0.1, -0.05) is 18.2 Å². The average Bonchev–Trinajstić information content (AvgIpc) is 3.33. The number of carbonyl (C=O) groups excluding carboxylic acids is 1. The fourth-order valence-electron chi connectivity index (χ4n) is 4.10. The topological polar surface area (TPSA) is 158 Å². The van der Waals surface area contributed by atoms with Crippen LogP contribution < -0.4 is 16.4 Å². The van der Waals surface area contributed by atoms with Gasteiger partial charge in [-0.05, 0) is 55.3 Å². The molecule has 2 atom stereocenters. The number of rotatable bonds is 7. The summed E-state index contributed by atoms with van der Waals surface area (Å²) >= 11 is 0. The number of fused-ring (bicyclic) bond motifs is 1. The Balaban J connectivity index is 1.34. The second-order valence-electron chi connectivity index (χ2n) is 9.05. The van der Waals surface area contributed by atoms with Gasteiger partial charge < -0.3 is 16.4 Å². The van der Waals surface area contributed by atoms with Gasteiger partial charge in [-0.3, -0.25) is 14.9 Å². The molecule has 0 saturated heterocycles. The fourth-order valence-corrected chi connectivity index (χ4v) is 4.10. The van der Waals surface area contributed by atoms with Gasteiger partial charge >= 0.3 is 0 Å². The van der Waals surface area contributed by atoms with Crippen LogP contribution in [0.2, 0.25) is 0 Å². The first-order valence-corrected chi connectivity index (χ1v) is 12.1. The Morgan fingerprint density at radius 3 is 2.49 bits per heavy atom. The smallest absolute Gasteiger partial charge is 0.255 e. The number of nitrogens with two attached hydrogens (primary N) is 1. The summed E-state index contributed by atoms with van der Waals surface area (Å²) in [4.78, 5) is 26.4. The zero-order chi connectivity index (χ0) is 27.5. The van der Waals surface area contributed by atoms with E-state index in [0.29, 0.717) is 23.0 Å². The molecule has 5 aromatic rings. The third-order valence-corrected chi connectivity index (χ3v) is 6.35. The number of anilines is 2. The Labute approximate surface area is 223 Å². The van der Waals surface area contributed by atoms with Crippen molar-refractivity contribution in [2.45, 2.75) is 25.9 Å². The highest BCUT2D eigenvalue weighted by Gasteiger charge is 2.19.